The van der Waals surface area contributed by atoms with Crippen LogP contribution in [0.5, 0.6) is 0 Å². The van der Waals surface area contributed by atoms with Gasteiger partial charge >= 0.3 is 0 Å². The predicted octanol–water partition coefficient (Wildman–Crippen LogP) is 2.76. The largest absolute Gasteiger partial charge is 0.303 e. The minimum atomic E-state index is 0.843. The van der Waals surface area contributed by atoms with Gasteiger partial charge in [-0.1, -0.05) is 33.1 Å². The van der Waals surface area contributed by atoms with E-state index in [0.29, 0.717) is 0 Å². The van der Waals surface area contributed by atoms with Crippen LogP contribution in [0.3, 0.4) is 0 Å². The molecule has 0 N–H and O–H groups in total. The Kier molecular flexibility index (Phi) is 2.64. The molecule has 0 aromatic heterocycles. The van der Waals surface area contributed by atoms with E-state index in [9.17, 15) is 0 Å². The van der Waals surface area contributed by atoms with Crippen molar-refractivity contribution >= 4 is 0 Å². The van der Waals surface area contributed by atoms with Crippen LogP contribution >= 0.6 is 0 Å². The number of hydrogen-bond donors (Lipinski definition) is 0. The first-order chi connectivity index (χ1) is 6.18. The molecule has 1 saturated carbocycles. The number of rotatable bonds is 2. The predicted molar refractivity (Wildman–Crippen MR) is 56.7 cm³/mol. The summed E-state index contributed by atoms with van der Waals surface area (Å²) in [5.41, 5.74) is 0. The van der Waals surface area contributed by atoms with E-state index >= 15 is 0 Å². The van der Waals surface area contributed by atoms with Crippen LogP contribution in [0.25, 0.3) is 0 Å². The first-order valence-electron chi connectivity index (χ1n) is 5.88. The molecule has 0 bridgehead atoms. The minimum absolute atomic E-state index is 0.843. The molecule has 1 nitrogen and oxygen atoms in total. The lowest BCUT2D eigenvalue weighted by molar-refractivity contribution is 0.207. The molecule has 2 atom stereocenters. The van der Waals surface area contributed by atoms with Gasteiger partial charge in [0.15, 0.2) is 0 Å². The van der Waals surface area contributed by atoms with E-state index < -0.39 is 0 Å². The third-order valence-electron chi connectivity index (χ3n) is 4.22. The molecular formula is C12H23N. The van der Waals surface area contributed by atoms with Crippen LogP contribution in [0.1, 0.15) is 39.5 Å². The van der Waals surface area contributed by atoms with Crippen molar-refractivity contribution in [1.29, 1.82) is 0 Å². The van der Waals surface area contributed by atoms with Crippen molar-refractivity contribution in [3.05, 3.63) is 0 Å². The summed E-state index contributed by atoms with van der Waals surface area (Å²) in [4.78, 5) is 2.59. The third kappa shape index (κ3) is 1.76. The van der Waals surface area contributed by atoms with Gasteiger partial charge in [-0.05, 0) is 31.2 Å². The smallest absolute Gasteiger partial charge is 0.0118 e. The molecule has 1 aliphatic carbocycles. The maximum Gasteiger partial charge on any atom is 0.0118 e. The van der Waals surface area contributed by atoms with Crippen molar-refractivity contribution < 1.29 is 0 Å². The van der Waals surface area contributed by atoms with Gasteiger partial charge in [-0.2, -0.15) is 0 Å². The fourth-order valence-corrected chi connectivity index (χ4v) is 3.10. The maximum absolute atomic E-state index is 2.59. The van der Waals surface area contributed by atoms with Crippen molar-refractivity contribution in [2.24, 2.45) is 17.8 Å². The molecule has 2 rings (SSSR count). The van der Waals surface area contributed by atoms with E-state index in [1.54, 1.807) is 0 Å². The van der Waals surface area contributed by atoms with Gasteiger partial charge in [0, 0.05) is 12.6 Å². The highest BCUT2D eigenvalue weighted by molar-refractivity contribution is 4.90. The van der Waals surface area contributed by atoms with Crippen molar-refractivity contribution in [2.75, 3.05) is 13.6 Å². The number of nitrogens with zero attached hydrogens (tertiary/aromatic N) is 1. The Bertz CT molecular complexity index is 172. The van der Waals surface area contributed by atoms with Crippen LogP contribution in [0.4, 0.5) is 0 Å². The van der Waals surface area contributed by atoms with E-state index in [4.69, 9.17) is 0 Å². The zero-order valence-electron chi connectivity index (χ0n) is 9.29. The minimum Gasteiger partial charge on any atom is -0.303 e. The molecule has 1 aliphatic heterocycles. The Morgan fingerprint density at radius 2 is 1.85 bits per heavy atom. The highest BCUT2D eigenvalue weighted by Gasteiger charge is 2.37. The Morgan fingerprint density at radius 3 is 2.23 bits per heavy atom. The average Bonchev–Trinajstić information content (AvgIpc) is 2.27. The van der Waals surface area contributed by atoms with E-state index in [0.717, 1.165) is 23.8 Å². The summed E-state index contributed by atoms with van der Waals surface area (Å²) in [7, 11) is 2.31. The Hall–Kier alpha value is -0.0400. The summed E-state index contributed by atoms with van der Waals surface area (Å²) in [6, 6.07) is 0.866. The number of hydrogen-bond acceptors (Lipinski definition) is 1. The fraction of sp³-hybridized carbons (Fsp3) is 1.00. The molecule has 0 spiro atoms. The van der Waals surface area contributed by atoms with Gasteiger partial charge in [-0.15, -0.1) is 0 Å². The van der Waals surface area contributed by atoms with E-state index in [1.165, 1.54) is 32.2 Å². The van der Waals surface area contributed by atoms with Crippen LogP contribution in [-0.2, 0) is 0 Å². The standard InChI is InChI=1S/C12H23N/c1-9(2)12-7-11(8-13(12)3)10-5-4-6-10/h9-12H,4-8H2,1-3H3/t11-,12+/m0/s1. The van der Waals surface area contributed by atoms with Crippen molar-refractivity contribution in [3.8, 4) is 0 Å². The molecule has 0 aromatic carbocycles. The molecule has 1 heterocycles. The van der Waals surface area contributed by atoms with Crippen LogP contribution in [0.2, 0.25) is 0 Å². The molecule has 0 unspecified atom stereocenters. The second-order valence-corrected chi connectivity index (χ2v) is 5.44. The van der Waals surface area contributed by atoms with Gasteiger partial charge in [0.1, 0.15) is 0 Å². The zero-order valence-corrected chi connectivity index (χ0v) is 9.29. The second-order valence-electron chi connectivity index (χ2n) is 5.44. The Labute approximate surface area is 82.5 Å². The van der Waals surface area contributed by atoms with Gasteiger partial charge in [-0.25, -0.2) is 0 Å². The van der Waals surface area contributed by atoms with Crippen LogP contribution in [0.15, 0.2) is 0 Å². The normalized spacial score (nSPS) is 36.9. The Morgan fingerprint density at radius 1 is 1.15 bits per heavy atom. The van der Waals surface area contributed by atoms with Crippen molar-refractivity contribution in [3.63, 3.8) is 0 Å². The average molecular weight is 181 g/mol. The van der Waals surface area contributed by atoms with Gasteiger partial charge in [0.2, 0.25) is 0 Å². The molecule has 0 amide bonds. The lowest BCUT2D eigenvalue weighted by atomic mass is 9.74. The van der Waals surface area contributed by atoms with Crippen molar-refractivity contribution in [1.82, 2.24) is 4.90 Å². The summed E-state index contributed by atoms with van der Waals surface area (Å²) < 4.78 is 0. The fourth-order valence-electron chi connectivity index (χ4n) is 3.10. The first kappa shape index (κ1) is 9.51. The molecule has 0 radical (unpaired) electrons. The lowest BCUT2D eigenvalue weighted by Crippen LogP contribution is -2.29. The molecule has 76 valence electrons. The lowest BCUT2D eigenvalue weighted by Gasteiger charge is -2.31. The monoisotopic (exact) mass is 181 g/mol. The molecular weight excluding hydrogens is 158 g/mol. The first-order valence-corrected chi connectivity index (χ1v) is 5.88. The molecule has 1 saturated heterocycles. The quantitative estimate of drug-likeness (QED) is 0.633. The summed E-state index contributed by atoms with van der Waals surface area (Å²) >= 11 is 0. The summed E-state index contributed by atoms with van der Waals surface area (Å²) in [6.07, 6.45) is 6.00. The molecule has 0 aromatic rings. The Balaban J connectivity index is 1.90. The number of likely N-dealkylation sites (tertiary alicyclic amines) is 1. The zero-order chi connectivity index (χ0) is 9.42. The molecule has 1 heteroatoms. The van der Waals surface area contributed by atoms with E-state index in [2.05, 4.69) is 25.8 Å². The third-order valence-corrected chi connectivity index (χ3v) is 4.22. The molecule has 2 fully saturated rings. The van der Waals surface area contributed by atoms with Gasteiger partial charge in [0.05, 0.1) is 0 Å². The summed E-state index contributed by atoms with van der Waals surface area (Å²) in [5.74, 6) is 2.97. The maximum atomic E-state index is 2.59. The van der Waals surface area contributed by atoms with Crippen LogP contribution in [0, 0.1) is 17.8 Å². The SMILES string of the molecule is CC(C)[C@H]1C[C@H](C2CCC2)CN1C. The highest BCUT2D eigenvalue weighted by Crippen LogP contribution is 2.40. The summed E-state index contributed by atoms with van der Waals surface area (Å²) in [6.45, 7) is 6.10. The van der Waals surface area contributed by atoms with Gasteiger partial charge in [-0.3, -0.25) is 0 Å². The van der Waals surface area contributed by atoms with Gasteiger partial charge < -0.3 is 4.90 Å². The van der Waals surface area contributed by atoms with Crippen LogP contribution < -0.4 is 0 Å². The summed E-state index contributed by atoms with van der Waals surface area (Å²) in [5, 5.41) is 0. The molecule has 13 heavy (non-hydrogen) atoms. The van der Waals surface area contributed by atoms with Crippen molar-refractivity contribution in [2.45, 2.75) is 45.6 Å². The van der Waals surface area contributed by atoms with Crippen LogP contribution in [-0.4, -0.2) is 24.5 Å². The highest BCUT2D eigenvalue weighted by atomic mass is 15.2. The second kappa shape index (κ2) is 3.61. The molecule has 2 aliphatic rings. The topological polar surface area (TPSA) is 3.24 Å². The van der Waals surface area contributed by atoms with E-state index in [-0.39, 0.29) is 0 Å². The van der Waals surface area contributed by atoms with E-state index in [1.807, 2.05) is 0 Å². The van der Waals surface area contributed by atoms with Gasteiger partial charge in [0.25, 0.3) is 0 Å².